The fraction of sp³-hybridized carbons (Fsp3) is 0.0556. The number of aromatic nitrogens is 2. The predicted molar refractivity (Wildman–Crippen MR) is 102 cm³/mol. The summed E-state index contributed by atoms with van der Waals surface area (Å²) < 4.78 is 24.4. The number of hydrogen-bond donors (Lipinski definition) is 0. The number of fused-ring (bicyclic) bond motifs is 1. The van der Waals surface area contributed by atoms with Gasteiger partial charge in [-0.2, -0.15) is 0 Å². The Kier molecular flexibility index (Phi) is 4.95. The summed E-state index contributed by atoms with van der Waals surface area (Å²) in [5.41, 5.74) is 0.415. The largest absolute Gasteiger partial charge is 0.451 e. The number of benzene rings is 2. The number of rotatable bonds is 5. The van der Waals surface area contributed by atoms with Gasteiger partial charge in [0, 0.05) is 27.8 Å². The van der Waals surface area contributed by atoms with Crippen LogP contribution in [0.25, 0.3) is 21.5 Å². The highest BCUT2D eigenvalue weighted by Crippen LogP contribution is 2.36. The molecule has 2 heterocycles. The van der Waals surface area contributed by atoms with E-state index >= 15 is 0 Å². The van der Waals surface area contributed by atoms with Crippen molar-refractivity contribution in [3.63, 3.8) is 0 Å². The minimum absolute atomic E-state index is 0.0370. The van der Waals surface area contributed by atoms with Crippen molar-refractivity contribution in [2.75, 3.05) is 0 Å². The monoisotopic (exact) mass is 433 g/mol. The van der Waals surface area contributed by atoms with Crippen LogP contribution >= 0.6 is 22.9 Å². The molecule has 146 valence electrons. The molecular formula is C18H9ClFN3O5S. The Balaban J connectivity index is 1.46. The van der Waals surface area contributed by atoms with Gasteiger partial charge in [-0.1, -0.05) is 11.6 Å². The van der Waals surface area contributed by atoms with E-state index in [0.29, 0.717) is 15.6 Å². The molecule has 0 N–H and O–H groups in total. The number of ether oxygens (including phenoxy) is 1. The summed E-state index contributed by atoms with van der Waals surface area (Å²) in [5, 5.41) is 19.1. The molecule has 8 nitrogen and oxygen atoms in total. The molecule has 0 bridgehead atoms. The van der Waals surface area contributed by atoms with Gasteiger partial charge in [-0.15, -0.1) is 21.5 Å². The topological polar surface area (TPSA) is 108 Å². The SMILES string of the molecule is O=C(OCc1nnc(-c2ccc([N+](=O)[O-])cc2)o1)c1sc2cc(F)ccc2c1Cl. The first kappa shape index (κ1) is 19.0. The number of nitro benzene ring substituents is 1. The van der Waals surface area contributed by atoms with Crippen molar-refractivity contribution < 1.29 is 23.3 Å². The Bertz CT molecular complexity index is 1240. The van der Waals surface area contributed by atoms with E-state index in [1.54, 1.807) is 0 Å². The second-order valence-corrected chi connectivity index (χ2v) is 7.20. The molecule has 0 aliphatic carbocycles. The number of esters is 1. The molecule has 11 heteroatoms. The van der Waals surface area contributed by atoms with Crippen molar-refractivity contribution in [1.29, 1.82) is 0 Å². The number of nitrogens with zero attached hydrogens (tertiary/aromatic N) is 3. The number of thiophene rings is 1. The Morgan fingerprint density at radius 1 is 1.24 bits per heavy atom. The fourth-order valence-corrected chi connectivity index (χ4v) is 3.94. The zero-order chi connectivity index (χ0) is 20.5. The lowest BCUT2D eigenvalue weighted by Gasteiger charge is -2.00. The highest BCUT2D eigenvalue weighted by Gasteiger charge is 2.20. The smallest absolute Gasteiger partial charge is 0.350 e. The Morgan fingerprint density at radius 2 is 2.00 bits per heavy atom. The van der Waals surface area contributed by atoms with Crippen LogP contribution in [-0.4, -0.2) is 21.1 Å². The zero-order valence-electron chi connectivity index (χ0n) is 14.3. The van der Waals surface area contributed by atoms with Gasteiger partial charge in [-0.3, -0.25) is 10.1 Å². The van der Waals surface area contributed by atoms with Crippen LogP contribution in [0.15, 0.2) is 46.9 Å². The molecule has 0 unspecified atom stereocenters. The summed E-state index contributed by atoms with van der Waals surface area (Å²) in [6.45, 7) is -0.294. The number of nitro groups is 1. The first-order valence-corrected chi connectivity index (χ1v) is 9.23. The molecule has 2 aromatic heterocycles. The average Bonchev–Trinajstić information content (AvgIpc) is 3.31. The van der Waals surface area contributed by atoms with Crippen LogP contribution < -0.4 is 0 Å². The minimum atomic E-state index is -0.702. The van der Waals surface area contributed by atoms with Crippen molar-refractivity contribution in [1.82, 2.24) is 10.2 Å². The molecule has 0 spiro atoms. The van der Waals surface area contributed by atoms with E-state index < -0.39 is 16.7 Å². The molecule has 4 rings (SSSR count). The van der Waals surface area contributed by atoms with Crippen molar-refractivity contribution in [2.24, 2.45) is 0 Å². The summed E-state index contributed by atoms with van der Waals surface area (Å²) >= 11 is 7.21. The molecule has 0 radical (unpaired) electrons. The van der Waals surface area contributed by atoms with Crippen molar-refractivity contribution in [3.05, 3.63) is 74.2 Å². The van der Waals surface area contributed by atoms with Crippen LogP contribution in [0, 0.1) is 15.9 Å². The summed E-state index contributed by atoms with van der Waals surface area (Å²) in [7, 11) is 0. The van der Waals surface area contributed by atoms with Crippen molar-refractivity contribution in [2.45, 2.75) is 6.61 Å². The molecule has 0 atom stereocenters. The lowest BCUT2D eigenvalue weighted by Crippen LogP contribution is -2.04. The molecular weight excluding hydrogens is 425 g/mol. The van der Waals surface area contributed by atoms with E-state index in [0.717, 1.165) is 11.3 Å². The average molecular weight is 434 g/mol. The minimum Gasteiger partial charge on any atom is -0.451 e. The highest BCUT2D eigenvalue weighted by molar-refractivity contribution is 7.21. The van der Waals surface area contributed by atoms with Crippen molar-refractivity contribution >= 4 is 44.7 Å². The van der Waals surface area contributed by atoms with Crippen LogP contribution in [-0.2, 0) is 11.3 Å². The van der Waals surface area contributed by atoms with Gasteiger partial charge in [-0.25, -0.2) is 9.18 Å². The lowest BCUT2D eigenvalue weighted by molar-refractivity contribution is -0.384. The van der Waals surface area contributed by atoms with Gasteiger partial charge in [-0.05, 0) is 30.3 Å². The van der Waals surface area contributed by atoms with E-state index in [2.05, 4.69) is 10.2 Å². The maximum absolute atomic E-state index is 13.3. The molecule has 0 fully saturated rings. The van der Waals surface area contributed by atoms with Gasteiger partial charge in [0.05, 0.1) is 9.95 Å². The quantitative estimate of drug-likeness (QED) is 0.247. The normalized spacial score (nSPS) is 11.0. The van der Waals surface area contributed by atoms with E-state index in [9.17, 15) is 19.3 Å². The Labute approximate surface area is 170 Å². The van der Waals surface area contributed by atoms with E-state index in [-0.39, 0.29) is 34.0 Å². The third-order valence-electron chi connectivity index (χ3n) is 3.90. The van der Waals surface area contributed by atoms with Gasteiger partial charge in [0.15, 0.2) is 6.61 Å². The lowest BCUT2D eigenvalue weighted by atomic mass is 10.2. The molecule has 0 amide bonds. The Hall–Kier alpha value is -3.37. The zero-order valence-corrected chi connectivity index (χ0v) is 15.9. The number of halogens is 2. The predicted octanol–water partition coefficient (Wildman–Crippen LogP) is 5.01. The van der Waals surface area contributed by atoms with Crippen molar-refractivity contribution in [3.8, 4) is 11.5 Å². The van der Waals surface area contributed by atoms with E-state index in [1.807, 2.05) is 0 Å². The standard InChI is InChI=1S/C18H9ClFN3O5S/c19-15-12-6-3-10(20)7-13(12)29-16(15)18(24)27-8-14-21-22-17(28-14)9-1-4-11(5-2-9)23(25)26/h1-7H,8H2. The summed E-state index contributed by atoms with van der Waals surface area (Å²) in [4.78, 5) is 22.6. The molecule has 0 aliphatic heterocycles. The number of hydrogen-bond acceptors (Lipinski definition) is 8. The maximum Gasteiger partial charge on any atom is 0.350 e. The highest BCUT2D eigenvalue weighted by atomic mass is 35.5. The molecule has 29 heavy (non-hydrogen) atoms. The fourth-order valence-electron chi connectivity index (χ4n) is 2.52. The number of non-ortho nitro benzene ring substituents is 1. The third kappa shape index (κ3) is 3.80. The van der Waals surface area contributed by atoms with Gasteiger partial charge in [0.25, 0.3) is 11.6 Å². The van der Waals surface area contributed by atoms with Crippen LogP contribution in [0.3, 0.4) is 0 Å². The molecule has 0 saturated carbocycles. The second-order valence-electron chi connectivity index (χ2n) is 5.77. The second kappa shape index (κ2) is 7.57. The third-order valence-corrected chi connectivity index (χ3v) is 5.53. The Morgan fingerprint density at radius 3 is 2.72 bits per heavy atom. The number of carbonyl (C=O) groups excluding carboxylic acids is 1. The van der Waals surface area contributed by atoms with Crippen LogP contribution in [0.2, 0.25) is 5.02 Å². The summed E-state index contributed by atoms with van der Waals surface area (Å²) in [5.74, 6) is -0.969. The summed E-state index contributed by atoms with van der Waals surface area (Å²) in [6.07, 6.45) is 0. The molecule has 4 aromatic rings. The first-order valence-electron chi connectivity index (χ1n) is 8.04. The molecule has 0 aliphatic rings. The van der Waals surface area contributed by atoms with E-state index in [1.165, 1.54) is 42.5 Å². The number of carbonyl (C=O) groups is 1. The van der Waals surface area contributed by atoms with Crippen LogP contribution in [0.1, 0.15) is 15.6 Å². The van der Waals surface area contributed by atoms with Gasteiger partial charge >= 0.3 is 5.97 Å². The molecule has 0 saturated heterocycles. The van der Waals surface area contributed by atoms with E-state index in [4.69, 9.17) is 20.8 Å². The van der Waals surface area contributed by atoms with Crippen LogP contribution in [0.4, 0.5) is 10.1 Å². The van der Waals surface area contributed by atoms with Gasteiger partial charge < -0.3 is 9.15 Å². The van der Waals surface area contributed by atoms with Gasteiger partial charge in [0.1, 0.15) is 10.7 Å². The van der Waals surface area contributed by atoms with Crippen LogP contribution in [0.5, 0.6) is 0 Å². The summed E-state index contributed by atoms with van der Waals surface area (Å²) in [6, 6.07) is 9.60. The maximum atomic E-state index is 13.3. The van der Waals surface area contributed by atoms with Gasteiger partial charge in [0.2, 0.25) is 5.89 Å². The first-order chi connectivity index (χ1) is 13.9. The molecule has 2 aromatic carbocycles.